The van der Waals surface area contributed by atoms with Gasteiger partial charge in [0.1, 0.15) is 5.82 Å². The number of hydrogen-bond donors (Lipinski definition) is 3. The summed E-state index contributed by atoms with van der Waals surface area (Å²) in [5, 5.41) is 3.30. The van der Waals surface area contributed by atoms with Crippen LogP contribution < -0.4 is 10.0 Å². The number of nitrogens with one attached hydrogen (secondary N) is 3. The average molecular weight is 343 g/mol. The fourth-order valence-electron chi connectivity index (χ4n) is 2.70. The smallest absolute Gasteiger partial charge is 0.206 e. The Morgan fingerprint density at radius 3 is 2.79 bits per heavy atom. The quantitative estimate of drug-likeness (QED) is 0.487. The summed E-state index contributed by atoms with van der Waals surface area (Å²) in [6, 6.07) is 11.7. The van der Waals surface area contributed by atoms with Crippen molar-refractivity contribution >= 4 is 29.3 Å². The van der Waals surface area contributed by atoms with Crippen molar-refractivity contribution < 1.29 is 9.18 Å². The highest BCUT2D eigenvalue weighted by molar-refractivity contribution is 7.97. The van der Waals surface area contributed by atoms with Gasteiger partial charge in [0.15, 0.2) is 0 Å². The molecule has 1 unspecified atom stereocenters. The molecular formula is C18H18FN3OS. The van der Waals surface area contributed by atoms with Gasteiger partial charge < -0.3 is 10.3 Å². The van der Waals surface area contributed by atoms with Gasteiger partial charge in [-0.15, -0.1) is 0 Å². The number of benzene rings is 2. The molecule has 0 fully saturated rings. The van der Waals surface area contributed by atoms with Crippen LogP contribution in [0.1, 0.15) is 18.5 Å². The summed E-state index contributed by atoms with van der Waals surface area (Å²) in [6.07, 6.45) is 2.58. The van der Waals surface area contributed by atoms with Gasteiger partial charge in [-0.05, 0) is 60.3 Å². The lowest BCUT2D eigenvalue weighted by Gasteiger charge is -2.06. The highest BCUT2D eigenvalue weighted by atomic mass is 32.2. The highest BCUT2D eigenvalue weighted by Gasteiger charge is 2.19. The van der Waals surface area contributed by atoms with Crippen molar-refractivity contribution in [2.75, 3.05) is 7.05 Å². The van der Waals surface area contributed by atoms with Crippen LogP contribution in [-0.2, 0) is 4.79 Å². The molecule has 2 heterocycles. The Morgan fingerprint density at radius 1 is 1.25 bits per heavy atom. The summed E-state index contributed by atoms with van der Waals surface area (Å²) in [6.45, 7) is 2.16. The van der Waals surface area contributed by atoms with Gasteiger partial charge in [-0.25, -0.2) is 4.39 Å². The molecule has 0 saturated carbocycles. The van der Waals surface area contributed by atoms with Crippen molar-refractivity contribution in [1.82, 2.24) is 15.0 Å². The van der Waals surface area contributed by atoms with Crippen LogP contribution in [0.2, 0.25) is 0 Å². The minimum atomic E-state index is -0.214. The zero-order chi connectivity index (χ0) is 17.1. The summed E-state index contributed by atoms with van der Waals surface area (Å²) in [7, 11) is 1.56. The second-order valence-electron chi connectivity index (χ2n) is 5.49. The van der Waals surface area contributed by atoms with E-state index in [1.54, 1.807) is 19.0 Å². The number of hydrogen-bond acceptors (Lipinski definition) is 3. The molecule has 1 amide bonds. The molecule has 1 aliphatic heterocycles. The van der Waals surface area contributed by atoms with Gasteiger partial charge in [-0.1, -0.05) is 6.07 Å². The summed E-state index contributed by atoms with van der Waals surface area (Å²) in [5.41, 5.74) is 4.44. The van der Waals surface area contributed by atoms with Crippen LogP contribution >= 0.6 is 11.9 Å². The zero-order valence-electron chi connectivity index (χ0n) is 13.4. The first-order valence-corrected chi connectivity index (χ1v) is 8.40. The van der Waals surface area contributed by atoms with E-state index in [4.69, 9.17) is 4.79 Å². The van der Waals surface area contributed by atoms with Gasteiger partial charge >= 0.3 is 0 Å². The van der Waals surface area contributed by atoms with Crippen LogP contribution in [0.25, 0.3) is 22.0 Å². The average Bonchev–Trinajstić information content (AvgIpc) is 3.18. The normalized spacial score (nSPS) is 15.5. The van der Waals surface area contributed by atoms with Gasteiger partial charge in [0.25, 0.3) is 0 Å². The third-order valence-corrected chi connectivity index (χ3v) is 4.96. The minimum Gasteiger partial charge on any atom is -0.362 e. The van der Waals surface area contributed by atoms with Crippen molar-refractivity contribution in [3.63, 3.8) is 0 Å². The molecule has 3 N–H and O–H groups in total. The molecule has 0 bridgehead atoms. The molecule has 124 valence electrons. The van der Waals surface area contributed by atoms with E-state index in [1.165, 1.54) is 22.6 Å². The van der Waals surface area contributed by atoms with E-state index in [1.807, 2.05) is 12.3 Å². The number of halogens is 1. The summed E-state index contributed by atoms with van der Waals surface area (Å²) in [4.78, 5) is 13.5. The first kappa shape index (κ1) is 16.5. The maximum Gasteiger partial charge on any atom is 0.206 e. The number of carbonyl (C=O) groups excluding carboxylic acids is 1. The Labute approximate surface area is 144 Å². The standard InChI is InChI=1S/C16H13FN2S.C2H5NO/c1-9-13-6-10(2-5-16(13)20-19-9)14-8-18-15-7-11(17)3-4-12(14)15;1-3-2-4/h2-9,18-19H,1H3;2H,1H3,(H,3,4). The number of amides is 1. The second kappa shape index (κ2) is 7.07. The number of H-pyrrole nitrogens is 1. The van der Waals surface area contributed by atoms with Crippen molar-refractivity contribution in [2.45, 2.75) is 17.9 Å². The summed E-state index contributed by atoms with van der Waals surface area (Å²) in [5.74, 6) is -0.214. The maximum atomic E-state index is 13.2. The lowest BCUT2D eigenvalue weighted by atomic mass is 10.00. The van der Waals surface area contributed by atoms with Crippen LogP contribution in [0.3, 0.4) is 0 Å². The number of fused-ring (bicyclic) bond motifs is 2. The van der Waals surface area contributed by atoms with E-state index < -0.39 is 0 Å². The monoisotopic (exact) mass is 343 g/mol. The Hall–Kier alpha value is -2.31. The number of aromatic amines is 1. The molecule has 4 rings (SSSR count). The Balaban J connectivity index is 0.000000383. The topological polar surface area (TPSA) is 56.9 Å². The van der Waals surface area contributed by atoms with Crippen LogP contribution in [0.5, 0.6) is 0 Å². The molecule has 1 atom stereocenters. The van der Waals surface area contributed by atoms with Gasteiger partial charge in [-0.3, -0.25) is 9.52 Å². The molecule has 3 aromatic rings. The molecule has 6 heteroatoms. The van der Waals surface area contributed by atoms with Crippen molar-refractivity contribution in [2.24, 2.45) is 0 Å². The van der Waals surface area contributed by atoms with Crippen molar-refractivity contribution in [3.8, 4) is 11.1 Å². The minimum absolute atomic E-state index is 0.214. The molecule has 0 saturated heterocycles. The van der Waals surface area contributed by atoms with E-state index in [2.05, 4.69) is 40.1 Å². The molecule has 1 aromatic heterocycles. The maximum absolute atomic E-state index is 13.2. The molecule has 2 aromatic carbocycles. The fraction of sp³-hybridized carbons (Fsp3) is 0.167. The highest BCUT2D eigenvalue weighted by Crippen LogP contribution is 2.38. The van der Waals surface area contributed by atoms with Gasteiger partial charge in [-0.2, -0.15) is 0 Å². The summed E-state index contributed by atoms with van der Waals surface area (Å²) < 4.78 is 16.6. The first-order chi connectivity index (χ1) is 11.6. The molecule has 24 heavy (non-hydrogen) atoms. The van der Waals surface area contributed by atoms with Crippen molar-refractivity contribution in [3.05, 3.63) is 54.0 Å². The van der Waals surface area contributed by atoms with E-state index >= 15 is 0 Å². The van der Waals surface area contributed by atoms with Gasteiger partial charge in [0, 0.05) is 40.6 Å². The molecule has 0 spiro atoms. The van der Waals surface area contributed by atoms with Crippen LogP contribution in [-0.4, -0.2) is 18.4 Å². The van der Waals surface area contributed by atoms with Gasteiger partial charge in [0.2, 0.25) is 6.41 Å². The number of rotatable bonds is 2. The Kier molecular flexibility index (Phi) is 4.87. The SMILES string of the molecule is CC1NSc2ccc(-c3c[nH]c4cc(F)ccc34)cc21.CNC=O. The van der Waals surface area contributed by atoms with E-state index in [9.17, 15) is 4.39 Å². The lowest BCUT2D eigenvalue weighted by Crippen LogP contribution is -2.01. The molecule has 4 nitrogen and oxygen atoms in total. The number of aromatic nitrogens is 1. The van der Waals surface area contributed by atoms with Crippen molar-refractivity contribution in [1.29, 1.82) is 0 Å². The van der Waals surface area contributed by atoms with E-state index in [0.717, 1.165) is 22.0 Å². The van der Waals surface area contributed by atoms with Crippen LogP contribution in [0.4, 0.5) is 4.39 Å². The molecule has 0 radical (unpaired) electrons. The predicted molar refractivity (Wildman–Crippen MR) is 96.2 cm³/mol. The lowest BCUT2D eigenvalue weighted by molar-refractivity contribution is -0.109. The number of carbonyl (C=O) groups is 1. The molecular weight excluding hydrogens is 325 g/mol. The summed E-state index contributed by atoms with van der Waals surface area (Å²) >= 11 is 1.68. The largest absolute Gasteiger partial charge is 0.362 e. The fourth-order valence-corrected chi connectivity index (χ4v) is 3.62. The molecule has 1 aliphatic rings. The Morgan fingerprint density at radius 2 is 2.04 bits per heavy atom. The first-order valence-electron chi connectivity index (χ1n) is 7.58. The van der Waals surface area contributed by atoms with Crippen LogP contribution in [0, 0.1) is 5.82 Å². The zero-order valence-corrected chi connectivity index (χ0v) is 14.2. The third-order valence-electron chi connectivity index (χ3n) is 3.89. The van der Waals surface area contributed by atoms with Gasteiger partial charge in [0.05, 0.1) is 0 Å². The Bertz CT molecular complexity index is 878. The second-order valence-corrected chi connectivity index (χ2v) is 6.37. The van der Waals surface area contributed by atoms with E-state index in [0.29, 0.717) is 12.5 Å². The third kappa shape index (κ3) is 3.16. The predicted octanol–water partition coefficient (Wildman–Crippen LogP) is 4.01. The molecule has 0 aliphatic carbocycles. The van der Waals surface area contributed by atoms with E-state index in [-0.39, 0.29) is 5.82 Å². The van der Waals surface area contributed by atoms with Crippen LogP contribution in [0.15, 0.2) is 47.5 Å².